The van der Waals surface area contributed by atoms with Crippen LogP contribution in [0.15, 0.2) is 48.5 Å². The lowest BCUT2D eigenvalue weighted by Gasteiger charge is -2.35. The van der Waals surface area contributed by atoms with E-state index in [1.54, 1.807) is 33.8 Å². The van der Waals surface area contributed by atoms with Crippen molar-refractivity contribution >= 4 is 5.91 Å². The van der Waals surface area contributed by atoms with Crippen LogP contribution in [0.25, 0.3) is 16.9 Å². The Labute approximate surface area is 176 Å². The predicted molar refractivity (Wildman–Crippen MR) is 114 cm³/mol. The Bertz CT molecular complexity index is 1080. The molecule has 0 unspecified atom stereocenters. The molecule has 30 heavy (non-hydrogen) atoms. The van der Waals surface area contributed by atoms with Gasteiger partial charge >= 0.3 is 0 Å². The van der Waals surface area contributed by atoms with Gasteiger partial charge in [0.05, 0.1) is 23.6 Å². The van der Waals surface area contributed by atoms with E-state index in [-0.39, 0.29) is 23.9 Å². The SMILES string of the molecule is Cc1ccc(C)c(-n2nc(-c3ccccc3F)cc2C(=O)N2C[C@H](C)O[C@@H](C)C2)c1. The number of carbonyl (C=O) groups excluding carboxylic acids is 1. The van der Waals surface area contributed by atoms with Crippen LogP contribution in [-0.2, 0) is 4.74 Å². The summed E-state index contributed by atoms with van der Waals surface area (Å²) in [4.78, 5) is 15.3. The maximum Gasteiger partial charge on any atom is 0.272 e. The van der Waals surface area contributed by atoms with E-state index in [9.17, 15) is 9.18 Å². The number of amides is 1. The molecule has 5 nitrogen and oxygen atoms in total. The molecular formula is C24H26FN3O2. The third-order valence-corrected chi connectivity index (χ3v) is 5.38. The summed E-state index contributed by atoms with van der Waals surface area (Å²) in [7, 11) is 0. The summed E-state index contributed by atoms with van der Waals surface area (Å²) in [5, 5.41) is 4.67. The zero-order valence-electron chi connectivity index (χ0n) is 17.7. The number of aromatic nitrogens is 2. The lowest BCUT2D eigenvalue weighted by Crippen LogP contribution is -2.48. The smallest absolute Gasteiger partial charge is 0.272 e. The highest BCUT2D eigenvalue weighted by Crippen LogP contribution is 2.27. The molecule has 1 saturated heterocycles. The summed E-state index contributed by atoms with van der Waals surface area (Å²) in [6.07, 6.45) is -0.0818. The van der Waals surface area contributed by atoms with E-state index < -0.39 is 0 Å². The third-order valence-electron chi connectivity index (χ3n) is 5.38. The number of hydrogen-bond acceptors (Lipinski definition) is 3. The van der Waals surface area contributed by atoms with E-state index in [1.807, 2.05) is 45.9 Å². The number of ether oxygens (including phenoxy) is 1. The molecule has 0 bridgehead atoms. The van der Waals surface area contributed by atoms with Gasteiger partial charge in [-0.1, -0.05) is 24.3 Å². The second-order valence-corrected chi connectivity index (χ2v) is 8.06. The largest absolute Gasteiger partial charge is 0.372 e. The molecule has 1 amide bonds. The second kappa shape index (κ2) is 8.03. The van der Waals surface area contributed by atoms with Gasteiger partial charge in [-0.2, -0.15) is 5.10 Å². The van der Waals surface area contributed by atoms with Crippen LogP contribution in [-0.4, -0.2) is 45.9 Å². The lowest BCUT2D eigenvalue weighted by atomic mass is 10.1. The van der Waals surface area contributed by atoms with E-state index in [0.29, 0.717) is 30.0 Å². The zero-order chi connectivity index (χ0) is 21.4. The molecule has 1 aliphatic heterocycles. The Balaban J connectivity index is 1.85. The molecule has 0 N–H and O–H groups in total. The maximum absolute atomic E-state index is 14.5. The molecule has 2 aromatic carbocycles. The Hall–Kier alpha value is -2.99. The van der Waals surface area contributed by atoms with Gasteiger partial charge in [0.1, 0.15) is 11.5 Å². The molecule has 0 saturated carbocycles. The average Bonchev–Trinajstić information content (AvgIpc) is 3.13. The first-order valence-electron chi connectivity index (χ1n) is 10.2. The molecule has 0 spiro atoms. The Morgan fingerprint density at radius 3 is 2.47 bits per heavy atom. The fourth-order valence-corrected chi connectivity index (χ4v) is 3.97. The summed E-state index contributed by atoms with van der Waals surface area (Å²) in [5.41, 5.74) is 4.09. The van der Waals surface area contributed by atoms with E-state index in [2.05, 4.69) is 5.10 Å². The van der Waals surface area contributed by atoms with Gasteiger partial charge in [0, 0.05) is 18.7 Å². The summed E-state index contributed by atoms with van der Waals surface area (Å²) in [6.45, 7) is 8.92. The number of halogens is 1. The third kappa shape index (κ3) is 3.87. The Kier molecular flexibility index (Phi) is 5.43. The number of morpholine rings is 1. The van der Waals surface area contributed by atoms with Crippen molar-refractivity contribution < 1.29 is 13.9 Å². The van der Waals surface area contributed by atoms with Crippen LogP contribution < -0.4 is 0 Å². The molecule has 2 atom stereocenters. The maximum atomic E-state index is 14.5. The minimum Gasteiger partial charge on any atom is -0.372 e. The highest BCUT2D eigenvalue weighted by molar-refractivity contribution is 5.94. The van der Waals surface area contributed by atoms with Crippen LogP contribution >= 0.6 is 0 Å². The van der Waals surface area contributed by atoms with Gasteiger partial charge in [-0.25, -0.2) is 9.07 Å². The van der Waals surface area contributed by atoms with Crippen LogP contribution in [0.1, 0.15) is 35.5 Å². The van der Waals surface area contributed by atoms with Crippen molar-refractivity contribution in [2.75, 3.05) is 13.1 Å². The van der Waals surface area contributed by atoms with Gasteiger partial charge in [0.25, 0.3) is 5.91 Å². The first-order valence-corrected chi connectivity index (χ1v) is 10.2. The number of carbonyl (C=O) groups is 1. The molecule has 1 aliphatic rings. The summed E-state index contributed by atoms with van der Waals surface area (Å²) < 4.78 is 21.9. The van der Waals surface area contributed by atoms with Gasteiger partial charge in [-0.15, -0.1) is 0 Å². The molecule has 6 heteroatoms. The fourth-order valence-electron chi connectivity index (χ4n) is 3.97. The molecule has 3 aromatic rings. The lowest BCUT2D eigenvalue weighted by molar-refractivity contribution is -0.0588. The monoisotopic (exact) mass is 407 g/mol. The van der Waals surface area contributed by atoms with Crippen molar-refractivity contribution in [3.63, 3.8) is 0 Å². The normalized spacial score (nSPS) is 19.2. The summed E-state index contributed by atoms with van der Waals surface area (Å²) in [5.74, 6) is -0.497. The standard InChI is InChI=1S/C24H26FN3O2/c1-15-9-10-16(2)22(11-15)28-23(24(29)27-13-17(3)30-18(4)14-27)12-21(26-28)19-7-5-6-8-20(19)25/h5-12,17-18H,13-14H2,1-4H3/t17-,18-/m0/s1. The number of aryl methyl sites for hydroxylation is 2. The number of benzene rings is 2. The average molecular weight is 407 g/mol. The molecule has 0 radical (unpaired) electrons. The van der Waals surface area contributed by atoms with Crippen molar-refractivity contribution in [1.82, 2.24) is 14.7 Å². The van der Waals surface area contributed by atoms with Crippen molar-refractivity contribution in [3.05, 3.63) is 71.2 Å². The molecule has 2 heterocycles. The van der Waals surface area contributed by atoms with Gasteiger partial charge in [0.2, 0.25) is 0 Å². The molecule has 1 fully saturated rings. The minimum atomic E-state index is -0.365. The minimum absolute atomic E-state index is 0.0409. The van der Waals surface area contributed by atoms with Crippen LogP contribution in [0.5, 0.6) is 0 Å². The van der Waals surface area contributed by atoms with E-state index in [4.69, 9.17) is 4.74 Å². The Morgan fingerprint density at radius 2 is 1.77 bits per heavy atom. The number of rotatable bonds is 3. The molecular weight excluding hydrogens is 381 g/mol. The van der Waals surface area contributed by atoms with Crippen LogP contribution in [0.3, 0.4) is 0 Å². The molecule has 4 rings (SSSR count). The van der Waals surface area contributed by atoms with E-state index in [0.717, 1.165) is 16.8 Å². The number of hydrogen-bond donors (Lipinski definition) is 0. The van der Waals surface area contributed by atoms with Crippen LogP contribution in [0.4, 0.5) is 4.39 Å². The topological polar surface area (TPSA) is 47.4 Å². The van der Waals surface area contributed by atoms with E-state index in [1.165, 1.54) is 6.07 Å². The summed E-state index contributed by atoms with van der Waals surface area (Å²) in [6, 6.07) is 14.2. The Morgan fingerprint density at radius 1 is 1.07 bits per heavy atom. The quantitative estimate of drug-likeness (QED) is 0.640. The van der Waals surface area contributed by atoms with Crippen molar-refractivity contribution in [2.45, 2.75) is 39.9 Å². The zero-order valence-corrected chi connectivity index (χ0v) is 17.7. The summed E-state index contributed by atoms with van der Waals surface area (Å²) >= 11 is 0. The van der Waals surface area contributed by atoms with Crippen molar-refractivity contribution in [1.29, 1.82) is 0 Å². The van der Waals surface area contributed by atoms with Crippen LogP contribution in [0, 0.1) is 19.7 Å². The van der Waals surface area contributed by atoms with Gasteiger partial charge in [0.15, 0.2) is 0 Å². The van der Waals surface area contributed by atoms with Gasteiger partial charge < -0.3 is 9.64 Å². The van der Waals surface area contributed by atoms with Crippen molar-refractivity contribution in [3.8, 4) is 16.9 Å². The molecule has 0 aliphatic carbocycles. The number of nitrogens with zero attached hydrogens (tertiary/aromatic N) is 3. The van der Waals surface area contributed by atoms with Crippen molar-refractivity contribution in [2.24, 2.45) is 0 Å². The fraction of sp³-hybridized carbons (Fsp3) is 0.333. The van der Waals surface area contributed by atoms with Gasteiger partial charge in [-0.3, -0.25) is 4.79 Å². The second-order valence-electron chi connectivity index (χ2n) is 8.06. The van der Waals surface area contributed by atoms with Crippen LogP contribution in [0.2, 0.25) is 0 Å². The first-order chi connectivity index (χ1) is 14.3. The predicted octanol–water partition coefficient (Wildman–Crippen LogP) is 4.54. The molecule has 1 aromatic heterocycles. The highest BCUT2D eigenvalue weighted by Gasteiger charge is 2.30. The molecule has 156 valence electrons. The first kappa shape index (κ1) is 20.3. The van der Waals surface area contributed by atoms with Gasteiger partial charge in [-0.05, 0) is 63.1 Å². The van der Waals surface area contributed by atoms with E-state index >= 15 is 0 Å². The highest BCUT2D eigenvalue weighted by atomic mass is 19.1.